The zero-order valence-electron chi connectivity index (χ0n) is 53.5. The van der Waals surface area contributed by atoms with Crippen molar-refractivity contribution in [2.45, 2.75) is 29.4 Å². The maximum Gasteiger partial charge on any atom is 1.00 e. The van der Waals surface area contributed by atoms with E-state index in [9.17, 15) is 76.6 Å². The summed E-state index contributed by atoms with van der Waals surface area (Å²) in [6.45, 7) is -0.685. The molecule has 2 aromatic heterocycles. The number of hydrogen-bond donors (Lipinski definition) is 7. The molecule has 2 heterocycles. The van der Waals surface area contributed by atoms with Crippen LogP contribution in [0.4, 0.5) is 75.2 Å². The van der Waals surface area contributed by atoms with Crippen LogP contribution in [0.15, 0.2) is 153 Å². The standard InChI is InChI=1S/C24H22N10O12S4.C22H17ClN8O13S4.6Na/c25-13-27-22-30-23(28-15-2-1-3-17(10-15)49(38,39)40)32-24(31-22)29-19-11-18(26)21(50(41,42)43)12-20(19)34-33-14-4-6-16(7-5-14)48(36,37)9-8-44-47-46-45-35;23-20-27-21(25-10-24)29-22(28-20)26-15-6-5-13-14(19(15)48(37,38)39)9-16(45-43-41-33)17(18(13)32)31-30-11-1-3-12(4-2-11)47(35,36)8-7-40-46-44-42-34;;;;;;/h1-7,10-12,35H,8-9,26H2,(H,38,39,40)(H,41,42,43)(H3,27,28,29,30,31,32);1-6,9,32-34H,7-8H2,(H,37,38,39)(H2,25,26,27,28,29);;;;;;/q;;6*+1/p-6. The first-order valence-electron chi connectivity index (χ1n) is 25.1. The van der Waals surface area contributed by atoms with Crippen molar-refractivity contribution in [1.29, 1.82) is 10.5 Å². The average Bonchev–Trinajstić information content (AvgIpc) is 0.707. The molecular formula is C46H33ClN18Na6O25S8. The minimum atomic E-state index is -5.33. The zero-order chi connectivity index (χ0) is 71.4. The van der Waals surface area contributed by atoms with E-state index in [4.69, 9.17) is 36.2 Å². The molecule has 0 atom stereocenters. The second-order valence-corrected chi connectivity index (χ2v) is 28.0. The van der Waals surface area contributed by atoms with Gasteiger partial charge in [-0.3, -0.25) is 34.1 Å². The van der Waals surface area contributed by atoms with Gasteiger partial charge in [-0.1, -0.05) is 6.07 Å². The van der Waals surface area contributed by atoms with Crippen molar-refractivity contribution in [3.63, 3.8) is 0 Å². The van der Waals surface area contributed by atoms with Crippen LogP contribution in [-0.2, 0) is 86.5 Å². The Morgan fingerprint density at radius 3 is 1.51 bits per heavy atom. The molecule has 8 N–H and O–H groups in total. The Morgan fingerprint density at radius 2 is 1.01 bits per heavy atom. The van der Waals surface area contributed by atoms with Gasteiger partial charge in [-0.2, -0.15) is 55.0 Å². The monoisotopic (exact) mass is 1670 g/mol. The Labute approximate surface area is 738 Å². The Morgan fingerprint density at radius 1 is 0.529 bits per heavy atom. The van der Waals surface area contributed by atoms with Crippen molar-refractivity contribution in [2.75, 3.05) is 57.0 Å². The van der Waals surface area contributed by atoms with Crippen LogP contribution in [-0.4, -0.2) is 115 Å². The number of hydrogen-bond acceptors (Lipinski definition) is 46. The largest absolute Gasteiger partial charge is 1.00 e. The average molecular weight is 1670 g/mol. The summed E-state index contributed by atoms with van der Waals surface area (Å²) in [7, 11) is -22.9. The molecule has 43 nitrogen and oxygen atoms in total. The fourth-order valence-corrected chi connectivity index (χ4v) is 12.9. The van der Waals surface area contributed by atoms with Crippen LogP contribution in [0, 0.1) is 22.9 Å². The molecule has 8 aromatic rings. The van der Waals surface area contributed by atoms with E-state index >= 15 is 0 Å². The van der Waals surface area contributed by atoms with Gasteiger partial charge in [0.2, 0.25) is 35.0 Å². The van der Waals surface area contributed by atoms with E-state index in [0.29, 0.717) is 0 Å². The summed E-state index contributed by atoms with van der Waals surface area (Å²) >= 11 is 6.32. The number of nitrogens with two attached hydrogens (primary N) is 1. The number of nitrogens with one attached hydrogen (secondary N) is 5. The third-order valence-corrected chi connectivity index (χ3v) is 19.0. The summed E-state index contributed by atoms with van der Waals surface area (Å²) in [5.74, 6) is -3.23. The number of anilines is 9. The maximum absolute atomic E-state index is 12.5. The predicted octanol–water partition coefficient (Wildman–Crippen LogP) is -14.2. The van der Waals surface area contributed by atoms with Gasteiger partial charge in [-0.05, 0) is 109 Å². The molecule has 0 fully saturated rings. The number of aromatic hydroxyl groups is 1. The third kappa shape index (κ3) is 30.0. The molecule has 8 rings (SSSR count). The number of aromatic nitrogens is 6. The summed E-state index contributed by atoms with van der Waals surface area (Å²) in [5.41, 5.74) is 4.43. The molecule has 0 saturated heterocycles. The maximum atomic E-state index is 12.5. The van der Waals surface area contributed by atoms with Crippen LogP contribution >= 0.6 is 48.3 Å². The first-order valence-corrected chi connectivity index (χ1v) is 35.1. The Hall–Kier alpha value is -3.09. The van der Waals surface area contributed by atoms with E-state index in [1.54, 1.807) is 12.4 Å². The summed E-state index contributed by atoms with van der Waals surface area (Å²) in [6.07, 6.45) is 3.18. The van der Waals surface area contributed by atoms with Crippen molar-refractivity contribution >= 4 is 184 Å². The molecular weight excluding hydrogens is 1630 g/mol. The number of phenols is 1. The van der Waals surface area contributed by atoms with E-state index in [2.05, 4.69) is 105 Å². The molecule has 104 heavy (non-hydrogen) atoms. The number of fused-ring (bicyclic) bond motifs is 1. The van der Waals surface area contributed by atoms with Gasteiger partial charge in [0.25, 0.3) is 0 Å². The van der Waals surface area contributed by atoms with Crippen molar-refractivity contribution in [1.82, 2.24) is 29.9 Å². The van der Waals surface area contributed by atoms with Crippen LogP contribution in [0.5, 0.6) is 5.75 Å². The second-order valence-electron chi connectivity index (χ2n) is 17.6. The number of benzene rings is 6. The molecule has 0 aliphatic carbocycles. The number of halogens is 1. The third-order valence-electron chi connectivity index (χ3n) is 11.4. The summed E-state index contributed by atoms with van der Waals surface area (Å²) in [5, 5.41) is 95.6. The molecule has 0 spiro atoms. The molecule has 0 radical (unpaired) electrons. The molecule has 0 unspecified atom stereocenters. The second kappa shape index (κ2) is 46.5. The molecule has 0 aliphatic rings. The van der Waals surface area contributed by atoms with Gasteiger partial charge in [0.15, 0.2) is 62.5 Å². The van der Waals surface area contributed by atoms with E-state index in [-0.39, 0.29) is 322 Å². The summed E-state index contributed by atoms with van der Waals surface area (Å²) in [4.78, 5) is 20.6. The smallest absolute Gasteiger partial charge is 0.744 e. The van der Waals surface area contributed by atoms with Gasteiger partial charge in [0.05, 0.1) is 94.6 Å². The van der Waals surface area contributed by atoms with Gasteiger partial charge < -0.3 is 56.2 Å². The fraction of sp³-hybridized carbons (Fsp3) is 0.0870. The van der Waals surface area contributed by atoms with Crippen LogP contribution in [0.1, 0.15) is 0 Å². The van der Waals surface area contributed by atoms with Crippen molar-refractivity contribution in [2.24, 2.45) is 20.5 Å². The van der Waals surface area contributed by atoms with E-state index < -0.39 is 92.9 Å². The van der Waals surface area contributed by atoms with Gasteiger partial charge in [-0.15, -0.1) is 18.9 Å². The van der Waals surface area contributed by atoms with Crippen LogP contribution in [0.25, 0.3) is 10.8 Å². The minimum absolute atomic E-state index is 0. The van der Waals surface area contributed by atoms with Crippen molar-refractivity contribution in [3.8, 4) is 18.1 Å². The normalized spacial score (nSPS) is 11.3. The molecule has 0 amide bonds. The van der Waals surface area contributed by atoms with Gasteiger partial charge in [0.1, 0.15) is 41.7 Å². The molecule has 0 aliphatic heterocycles. The van der Waals surface area contributed by atoms with Gasteiger partial charge in [-0.25, -0.2) is 42.1 Å². The number of nitrogen functional groups attached to an aromatic ring is 1. The SMILES string of the molecule is N#CNc1nc(Cl)nc(Nc2ccc3c(O)c(N=Nc4ccc(S(=O)(=O)CCOSOO[O-])cc4)c(SOO[O-])cc3c2S(=O)(=O)[O-])n1.N#CNc1nc(Nc2cccc(S(=O)(=O)[O-])c2)nc(Nc2cc(N)c(S(=O)(=O)[O-])cc2N=Nc2ccc(S(=O)(=O)CCOSOO[O-])cc2)n1.[Na+].[Na+].[Na+].[Na+].[Na+].[Na+]. The number of azo groups is 2. The number of rotatable bonds is 32. The Bertz CT molecular complexity index is 5010. The van der Waals surface area contributed by atoms with Crippen molar-refractivity contribution in [3.05, 3.63) is 108 Å². The van der Waals surface area contributed by atoms with E-state index in [1.807, 2.05) is 0 Å². The van der Waals surface area contributed by atoms with E-state index in [0.717, 1.165) is 36.4 Å². The molecule has 518 valence electrons. The molecule has 0 saturated carbocycles. The summed E-state index contributed by atoms with van der Waals surface area (Å²) < 4.78 is 179. The zero-order valence-corrected chi connectivity index (χ0v) is 72.8. The molecule has 58 heteroatoms. The van der Waals surface area contributed by atoms with Crippen LogP contribution in [0.3, 0.4) is 0 Å². The quantitative estimate of drug-likeness (QED) is 0.00197. The molecule has 0 bridgehead atoms. The number of nitriles is 2. The predicted molar refractivity (Wildman–Crippen MR) is 325 cm³/mol. The Balaban J connectivity index is 0.000000984. The number of phenolic OH excluding ortho intramolecular Hbond substituents is 1. The number of sulfone groups is 2. The first-order chi connectivity index (χ1) is 46.5. The topological polar surface area (TPSA) is 664 Å². The minimum Gasteiger partial charge on any atom is -0.744 e. The summed E-state index contributed by atoms with van der Waals surface area (Å²) in [6, 6.07) is 19.8. The first kappa shape index (κ1) is 98.9. The van der Waals surface area contributed by atoms with Crippen molar-refractivity contribution < 1.29 is 290 Å². The molecule has 6 aromatic carbocycles. The fourth-order valence-electron chi connectivity index (χ4n) is 7.47. The van der Waals surface area contributed by atoms with Crippen LogP contribution in [0.2, 0.25) is 5.28 Å². The number of nitrogens with zero attached hydrogens (tertiary/aromatic N) is 12. The Kier molecular flexibility index (Phi) is 44.3. The van der Waals surface area contributed by atoms with Gasteiger partial charge in [0, 0.05) is 16.5 Å². The van der Waals surface area contributed by atoms with Gasteiger partial charge >= 0.3 is 177 Å². The van der Waals surface area contributed by atoms with Crippen LogP contribution < -0.4 is 225 Å². The van der Waals surface area contributed by atoms with E-state index in [1.165, 1.54) is 66.7 Å².